The predicted octanol–water partition coefficient (Wildman–Crippen LogP) is -3.10. The molecule has 4 N–H and O–H groups in total. The van der Waals surface area contributed by atoms with E-state index in [1.807, 2.05) is 28.2 Å². The lowest BCUT2D eigenvalue weighted by molar-refractivity contribution is -0.460. The third-order valence-electron chi connectivity index (χ3n) is 1.95. The number of benzene rings is 1. The lowest BCUT2D eigenvalue weighted by atomic mass is 10.1. The third kappa shape index (κ3) is 12.2. The Balaban J connectivity index is 0. The van der Waals surface area contributed by atoms with Gasteiger partial charge in [-0.1, -0.05) is 24.3 Å². The van der Waals surface area contributed by atoms with Crippen LogP contribution in [0.4, 0.5) is 0 Å². The number of hydrogen-bond acceptors (Lipinski definition) is 4. The number of carbonyl (C=O) groups is 2. The van der Waals surface area contributed by atoms with E-state index < -0.39 is 11.9 Å². The number of carbonyl (C=O) groups excluding carboxylic acids is 2. The van der Waals surface area contributed by atoms with Crippen molar-refractivity contribution < 1.29 is 29.0 Å². The average molecular weight is 310 g/mol. The Bertz CT molecular complexity index is 479. The Kier molecular flexibility index (Phi) is 11.6. The van der Waals surface area contributed by atoms with E-state index in [2.05, 4.69) is 0 Å². The van der Waals surface area contributed by atoms with E-state index in [9.17, 15) is 19.8 Å². The van der Waals surface area contributed by atoms with Gasteiger partial charge in [0.2, 0.25) is 12.7 Å². The highest BCUT2D eigenvalue weighted by molar-refractivity contribution is 5.89. The molecule has 1 aromatic carbocycles. The van der Waals surface area contributed by atoms with E-state index >= 15 is 0 Å². The fraction of sp³-hybridized carbons (Fsp3) is 0.286. The maximum Gasteiger partial charge on any atom is 0.229 e. The Morgan fingerprint density at radius 3 is 1.09 bits per heavy atom. The fourth-order valence-corrected chi connectivity index (χ4v) is 0.742. The summed E-state index contributed by atoms with van der Waals surface area (Å²) >= 11 is 0. The summed E-state index contributed by atoms with van der Waals surface area (Å²) < 4.78 is 3.56. The van der Waals surface area contributed by atoms with Crippen molar-refractivity contribution in [3.05, 3.63) is 35.4 Å². The zero-order chi connectivity index (χ0) is 17.7. The second-order valence-electron chi connectivity index (χ2n) is 4.38. The molecular formula is C14H22N4O4. The van der Waals surface area contributed by atoms with E-state index in [0.29, 0.717) is 0 Å². The van der Waals surface area contributed by atoms with Crippen molar-refractivity contribution in [2.75, 3.05) is 28.2 Å². The summed E-state index contributed by atoms with van der Waals surface area (Å²) in [5, 5.41) is 20.4. The van der Waals surface area contributed by atoms with Crippen LogP contribution in [0.1, 0.15) is 20.7 Å². The van der Waals surface area contributed by atoms with Gasteiger partial charge >= 0.3 is 0 Å². The summed E-state index contributed by atoms with van der Waals surface area (Å²) in [6.45, 7) is 0. The first kappa shape index (κ1) is 21.4. The van der Waals surface area contributed by atoms with Crippen LogP contribution in [-0.2, 0) is 0 Å². The Morgan fingerprint density at radius 1 is 0.818 bits per heavy atom. The molecule has 0 atom stereocenters. The van der Waals surface area contributed by atoms with Crippen LogP contribution in [0.15, 0.2) is 24.3 Å². The first-order chi connectivity index (χ1) is 10.1. The largest absolute Gasteiger partial charge is 0.545 e. The minimum absolute atomic E-state index is 0.0556. The molecule has 0 unspecified atom stereocenters. The molecule has 1 aromatic rings. The molecule has 0 heterocycles. The molecule has 0 amide bonds. The first-order valence-electron chi connectivity index (χ1n) is 6.11. The van der Waals surface area contributed by atoms with E-state index in [4.69, 9.17) is 11.5 Å². The minimum Gasteiger partial charge on any atom is -0.545 e. The van der Waals surface area contributed by atoms with Gasteiger partial charge in [-0.15, -0.1) is 0 Å². The average Bonchev–Trinajstić information content (AvgIpc) is 2.48. The smallest absolute Gasteiger partial charge is 0.229 e. The van der Waals surface area contributed by atoms with Gasteiger partial charge in [-0.2, -0.15) is 0 Å². The van der Waals surface area contributed by atoms with Gasteiger partial charge in [-0.3, -0.25) is 20.6 Å². The Labute approximate surface area is 129 Å². The van der Waals surface area contributed by atoms with Crippen LogP contribution < -0.4 is 21.7 Å². The first-order valence-corrected chi connectivity index (χ1v) is 6.11. The number of carboxylic acid groups (broad SMARTS) is 2. The molecule has 0 radical (unpaired) electrons. The summed E-state index contributed by atoms with van der Waals surface area (Å²) in [5.41, 5.74) is 9.83. The molecule has 22 heavy (non-hydrogen) atoms. The normalized spacial score (nSPS) is 8.18. The SMILES string of the molecule is C[N+](C)=CN.C[N+](C)=CN.O=C([O-])c1ccc(C(=O)[O-])cc1. The maximum atomic E-state index is 10.2. The van der Waals surface area contributed by atoms with Crippen LogP contribution in [0.3, 0.4) is 0 Å². The molecule has 0 fully saturated rings. The lowest BCUT2D eigenvalue weighted by Crippen LogP contribution is -2.24. The van der Waals surface area contributed by atoms with Crippen LogP contribution in [0.2, 0.25) is 0 Å². The monoisotopic (exact) mass is 310 g/mol. The van der Waals surface area contributed by atoms with Gasteiger partial charge in [0.25, 0.3) is 0 Å². The van der Waals surface area contributed by atoms with E-state index in [1.165, 1.54) is 12.7 Å². The quantitative estimate of drug-likeness (QED) is 0.337. The van der Waals surface area contributed by atoms with Crippen molar-refractivity contribution in [2.24, 2.45) is 11.5 Å². The summed E-state index contributed by atoms with van der Waals surface area (Å²) in [6, 6.07) is 4.61. The number of carboxylic acids is 2. The van der Waals surface area contributed by atoms with Gasteiger partial charge in [0, 0.05) is 0 Å². The predicted molar refractivity (Wildman–Crippen MR) is 79.8 cm³/mol. The number of hydrogen-bond donors (Lipinski definition) is 2. The lowest BCUT2D eigenvalue weighted by Gasteiger charge is -2.04. The van der Waals surface area contributed by atoms with Crippen molar-refractivity contribution in [3.8, 4) is 0 Å². The van der Waals surface area contributed by atoms with Crippen molar-refractivity contribution in [1.82, 2.24) is 0 Å². The number of nitrogens with two attached hydrogens (primary N) is 2. The highest BCUT2D eigenvalue weighted by atomic mass is 16.4. The van der Waals surface area contributed by atoms with Crippen molar-refractivity contribution in [1.29, 1.82) is 0 Å². The minimum atomic E-state index is -1.33. The van der Waals surface area contributed by atoms with E-state index in [-0.39, 0.29) is 11.1 Å². The zero-order valence-electron chi connectivity index (χ0n) is 13.1. The molecule has 0 aliphatic heterocycles. The number of nitrogens with zero attached hydrogens (tertiary/aromatic N) is 2. The van der Waals surface area contributed by atoms with Crippen LogP contribution >= 0.6 is 0 Å². The number of aromatic carboxylic acids is 2. The standard InChI is InChI=1S/C8H6O4.2C3H8N2/c9-7(10)5-1-2-6(4-3-5)8(11)12;2*1-5(2)3-4/h1-4H,(H,9,10)(H,11,12);2*3-4H,1-2H3. The molecule has 1 rings (SSSR count). The van der Waals surface area contributed by atoms with Gasteiger partial charge in [-0.05, 0) is 11.1 Å². The molecule has 0 spiro atoms. The molecule has 8 nitrogen and oxygen atoms in total. The molecule has 0 aliphatic rings. The molecule has 0 aliphatic carbocycles. The second kappa shape index (κ2) is 11.9. The molecule has 0 saturated heterocycles. The summed E-state index contributed by atoms with van der Waals surface area (Å²) in [5.74, 6) is -2.67. The molecular weight excluding hydrogens is 288 g/mol. The fourth-order valence-electron chi connectivity index (χ4n) is 0.742. The molecule has 0 aromatic heterocycles. The summed E-state index contributed by atoms with van der Waals surface area (Å²) in [7, 11) is 7.50. The van der Waals surface area contributed by atoms with Crippen molar-refractivity contribution in [3.63, 3.8) is 0 Å². The highest BCUT2D eigenvalue weighted by Gasteiger charge is 1.94. The van der Waals surface area contributed by atoms with Crippen LogP contribution in [0, 0.1) is 0 Å². The Hall–Kier alpha value is -2.90. The second-order valence-corrected chi connectivity index (χ2v) is 4.38. The molecule has 8 heteroatoms. The maximum absolute atomic E-state index is 10.2. The van der Waals surface area contributed by atoms with E-state index in [1.54, 1.807) is 9.15 Å². The van der Waals surface area contributed by atoms with Gasteiger partial charge in [0.1, 0.15) is 0 Å². The van der Waals surface area contributed by atoms with Crippen LogP contribution in [0.5, 0.6) is 0 Å². The topological polar surface area (TPSA) is 138 Å². The molecule has 122 valence electrons. The zero-order valence-corrected chi connectivity index (χ0v) is 13.1. The van der Waals surface area contributed by atoms with Crippen molar-refractivity contribution >= 4 is 24.6 Å². The summed E-state index contributed by atoms with van der Waals surface area (Å²) in [4.78, 5) is 20.4. The van der Waals surface area contributed by atoms with Crippen LogP contribution in [0.25, 0.3) is 0 Å². The van der Waals surface area contributed by atoms with Gasteiger partial charge < -0.3 is 19.8 Å². The van der Waals surface area contributed by atoms with Crippen LogP contribution in [-0.4, -0.2) is 62.0 Å². The van der Waals surface area contributed by atoms with Gasteiger partial charge in [0.15, 0.2) is 0 Å². The third-order valence-corrected chi connectivity index (χ3v) is 1.95. The number of rotatable bonds is 2. The Morgan fingerprint density at radius 2 is 1.00 bits per heavy atom. The van der Waals surface area contributed by atoms with Crippen molar-refractivity contribution in [2.45, 2.75) is 0 Å². The summed E-state index contributed by atoms with van der Waals surface area (Å²) in [6.07, 6.45) is 3.00. The molecule has 0 saturated carbocycles. The highest BCUT2D eigenvalue weighted by Crippen LogP contribution is 2.01. The molecule has 0 bridgehead atoms. The van der Waals surface area contributed by atoms with Gasteiger partial charge in [0.05, 0.1) is 40.1 Å². The van der Waals surface area contributed by atoms with E-state index in [0.717, 1.165) is 24.3 Å². The van der Waals surface area contributed by atoms with Gasteiger partial charge in [-0.25, -0.2) is 0 Å².